The van der Waals surface area contributed by atoms with E-state index in [4.69, 9.17) is 0 Å². The predicted octanol–water partition coefficient (Wildman–Crippen LogP) is 6.78. The topological polar surface area (TPSA) is 45.2 Å². The van der Waals surface area contributed by atoms with Crippen LogP contribution in [-0.4, -0.2) is 15.6 Å². The third-order valence-corrected chi connectivity index (χ3v) is 4.71. The van der Waals surface area contributed by atoms with E-state index in [9.17, 15) is 5.11 Å². The Morgan fingerprint density at radius 1 is 0.862 bits per heavy atom. The van der Waals surface area contributed by atoms with Crippen LogP contribution in [0.25, 0.3) is 11.1 Å². The van der Waals surface area contributed by atoms with Crippen molar-refractivity contribution >= 4 is 24.8 Å². The average molecular weight is 441 g/mol. The van der Waals surface area contributed by atoms with Gasteiger partial charge in [0.1, 0.15) is 5.75 Å². The third-order valence-electron chi connectivity index (χ3n) is 4.71. The summed E-state index contributed by atoms with van der Waals surface area (Å²) in [6.45, 7) is 20.1. The predicted molar refractivity (Wildman–Crippen MR) is 130 cm³/mol. The largest absolute Gasteiger partial charge is 0.507 e. The third kappa shape index (κ3) is 7.47. The van der Waals surface area contributed by atoms with E-state index < -0.39 is 0 Å². The van der Waals surface area contributed by atoms with Gasteiger partial charge in [-0.05, 0) is 43.9 Å². The first-order chi connectivity index (χ1) is 12.2. The van der Waals surface area contributed by atoms with Gasteiger partial charge in [-0.15, -0.1) is 24.8 Å². The van der Waals surface area contributed by atoms with Crippen molar-refractivity contribution in [1.82, 2.24) is 10.3 Å². The van der Waals surface area contributed by atoms with Gasteiger partial charge in [-0.2, -0.15) is 0 Å². The minimum absolute atomic E-state index is 0. The summed E-state index contributed by atoms with van der Waals surface area (Å²) in [7, 11) is 0. The lowest BCUT2D eigenvalue weighted by Crippen LogP contribution is -2.35. The summed E-state index contributed by atoms with van der Waals surface area (Å²) in [4.78, 5) is 4.65. The number of aromatic nitrogens is 1. The van der Waals surface area contributed by atoms with Gasteiger partial charge < -0.3 is 10.4 Å². The minimum atomic E-state index is -0.0136. The molecule has 1 aromatic heterocycles. The van der Waals surface area contributed by atoms with Crippen molar-refractivity contribution < 1.29 is 5.11 Å². The molecule has 5 heteroatoms. The van der Waals surface area contributed by atoms with Crippen LogP contribution < -0.4 is 5.32 Å². The van der Waals surface area contributed by atoms with Gasteiger partial charge in [0.2, 0.25) is 0 Å². The van der Waals surface area contributed by atoms with Crippen molar-refractivity contribution in [2.24, 2.45) is 0 Å². The average Bonchev–Trinajstić information content (AvgIpc) is 2.51. The van der Waals surface area contributed by atoms with Crippen LogP contribution in [-0.2, 0) is 17.4 Å². The number of benzene rings is 1. The number of halogens is 2. The van der Waals surface area contributed by atoms with Crippen LogP contribution in [0.15, 0.2) is 30.5 Å². The number of nitrogens with zero attached hydrogens (tertiary/aromatic N) is 1. The highest BCUT2D eigenvalue weighted by Crippen LogP contribution is 2.37. The van der Waals surface area contributed by atoms with E-state index in [2.05, 4.69) is 96.9 Å². The summed E-state index contributed by atoms with van der Waals surface area (Å²) in [5, 5.41) is 14.5. The van der Waals surface area contributed by atoms with Crippen LogP contribution in [0.4, 0.5) is 0 Å². The van der Waals surface area contributed by atoms with Crippen molar-refractivity contribution in [2.75, 3.05) is 0 Å². The minimum Gasteiger partial charge on any atom is -0.507 e. The molecule has 0 spiro atoms. The molecule has 2 N–H and O–H groups in total. The van der Waals surface area contributed by atoms with Gasteiger partial charge in [0, 0.05) is 46.1 Å². The van der Waals surface area contributed by atoms with Gasteiger partial charge in [-0.1, -0.05) is 53.7 Å². The van der Waals surface area contributed by atoms with Crippen LogP contribution in [0.3, 0.4) is 0 Å². The molecule has 0 saturated heterocycles. The van der Waals surface area contributed by atoms with Gasteiger partial charge in [0.15, 0.2) is 0 Å². The molecule has 1 heterocycles. The fourth-order valence-corrected chi connectivity index (χ4v) is 2.84. The molecule has 0 unspecified atom stereocenters. The summed E-state index contributed by atoms with van der Waals surface area (Å²) < 4.78 is 0. The second-order valence-corrected chi connectivity index (χ2v) is 10.6. The molecule has 2 rings (SSSR count). The smallest absolute Gasteiger partial charge is 0.127 e. The van der Waals surface area contributed by atoms with Crippen molar-refractivity contribution in [2.45, 2.75) is 85.2 Å². The summed E-state index contributed by atoms with van der Waals surface area (Å²) in [5.41, 5.74) is 4.97. The molecule has 29 heavy (non-hydrogen) atoms. The fourth-order valence-electron chi connectivity index (χ4n) is 2.84. The number of pyridine rings is 1. The normalized spacial score (nSPS) is 12.2. The summed E-state index contributed by atoms with van der Waals surface area (Å²) in [6.07, 6.45) is 1.88. The summed E-state index contributed by atoms with van der Waals surface area (Å²) in [5.74, 6) is 0.338. The monoisotopic (exact) mass is 440 g/mol. The Kier molecular flexibility index (Phi) is 9.25. The van der Waals surface area contributed by atoms with E-state index in [1.807, 2.05) is 6.20 Å². The number of nitrogens with one attached hydrogen (secondary N) is 1. The lowest BCUT2D eigenvalue weighted by molar-refractivity contribution is 0.411. The second kappa shape index (κ2) is 9.68. The van der Waals surface area contributed by atoms with Crippen molar-refractivity contribution in [3.05, 3.63) is 47.3 Å². The zero-order valence-corrected chi connectivity index (χ0v) is 20.9. The highest BCUT2D eigenvalue weighted by atomic mass is 35.5. The number of aromatic hydroxyl groups is 1. The lowest BCUT2D eigenvalue weighted by atomic mass is 9.83. The molecule has 0 aliphatic heterocycles. The SMILES string of the molecule is CC(C)(C)NCc1cc(C(C)(C)C)cc(-c2ccc(C(C)(C)C)nc2)c1O.Cl.Cl. The Morgan fingerprint density at radius 3 is 1.86 bits per heavy atom. The Balaban J connectivity index is 0.00000392. The van der Waals surface area contributed by atoms with E-state index in [-0.39, 0.29) is 41.2 Å². The molecule has 1 aromatic carbocycles. The summed E-state index contributed by atoms with van der Waals surface area (Å²) in [6, 6.07) is 8.35. The molecule has 0 radical (unpaired) electrons. The van der Waals surface area contributed by atoms with Gasteiger partial charge in [-0.3, -0.25) is 4.98 Å². The highest BCUT2D eigenvalue weighted by molar-refractivity contribution is 5.85. The first-order valence-electron chi connectivity index (χ1n) is 9.77. The quantitative estimate of drug-likeness (QED) is 0.552. The molecule has 0 aliphatic rings. The standard InChI is InChI=1S/C24H36N2O.2ClH/c1-22(2,3)18-12-17(15-26-24(7,8)9)21(27)19(13-18)16-10-11-20(25-14-16)23(4,5)6;;/h10-14,26-27H,15H2,1-9H3;2*1H. The van der Waals surface area contributed by atoms with Crippen molar-refractivity contribution in [1.29, 1.82) is 0 Å². The molecule has 0 atom stereocenters. The van der Waals surface area contributed by atoms with E-state index in [1.54, 1.807) is 0 Å². The maximum atomic E-state index is 11.0. The number of phenolic OH excluding ortho intramolecular Hbond substituents is 1. The van der Waals surface area contributed by atoms with Gasteiger partial charge in [-0.25, -0.2) is 0 Å². The highest BCUT2D eigenvalue weighted by Gasteiger charge is 2.21. The maximum Gasteiger partial charge on any atom is 0.127 e. The molecule has 164 valence electrons. The number of rotatable bonds is 3. The van der Waals surface area contributed by atoms with Crippen molar-refractivity contribution in [3.63, 3.8) is 0 Å². The van der Waals surface area contributed by atoms with Crippen LogP contribution in [0, 0.1) is 0 Å². The van der Waals surface area contributed by atoms with Crippen LogP contribution >= 0.6 is 24.8 Å². The van der Waals surface area contributed by atoms with Crippen molar-refractivity contribution in [3.8, 4) is 16.9 Å². The summed E-state index contributed by atoms with van der Waals surface area (Å²) >= 11 is 0. The zero-order valence-electron chi connectivity index (χ0n) is 19.3. The number of hydrogen-bond acceptors (Lipinski definition) is 3. The number of hydrogen-bond donors (Lipinski definition) is 2. The molecular weight excluding hydrogens is 403 g/mol. The Labute approximate surface area is 189 Å². The Bertz CT molecular complexity index is 796. The lowest BCUT2D eigenvalue weighted by Gasteiger charge is -2.25. The van der Waals surface area contributed by atoms with Gasteiger partial charge in [0.05, 0.1) is 0 Å². The van der Waals surface area contributed by atoms with Crippen LogP contribution in [0.1, 0.15) is 79.1 Å². The second-order valence-electron chi connectivity index (χ2n) is 10.6. The first-order valence-corrected chi connectivity index (χ1v) is 9.77. The maximum absolute atomic E-state index is 11.0. The Hall–Kier alpha value is -1.29. The molecule has 0 saturated carbocycles. The van der Waals surface area contributed by atoms with Gasteiger partial charge >= 0.3 is 0 Å². The molecule has 3 nitrogen and oxygen atoms in total. The van der Waals surface area contributed by atoms with Crippen LogP contribution in [0.2, 0.25) is 0 Å². The van der Waals surface area contributed by atoms with Gasteiger partial charge in [0.25, 0.3) is 0 Å². The number of phenols is 1. The molecule has 2 aromatic rings. The van der Waals surface area contributed by atoms with E-state index in [0.717, 1.165) is 22.4 Å². The molecule has 0 bridgehead atoms. The molecule has 0 fully saturated rings. The molecule has 0 amide bonds. The molecular formula is C24H38Cl2N2O. The van der Waals surface area contributed by atoms with E-state index in [1.165, 1.54) is 5.56 Å². The fraction of sp³-hybridized carbons (Fsp3) is 0.542. The Morgan fingerprint density at radius 2 is 1.45 bits per heavy atom. The van der Waals surface area contributed by atoms with Crippen LogP contribution in [0.5, 0.6) is 5.75 Å². The zero-order chi connectivity index (χ0) is 20.6. The first kappa shape index (κ1) is 27.7. The van der Waals surface area contributed by atoms with E-state index in [0.29, 0.717) is 12.3 Å². The van der Waals surface area contributed by atoms with E-state index >= 15 is 0 Å². The molecule has 0 aliphatic carbocycles.